The molecule has 0 spiro atoms. The van der Waals surface area contributed by atoms with Crippen LogP contribution in [0.5, 0.6) is 0 Å². The minimum absolute atomic E-state index is 0.700. The summed E-state index contributed by atoms with van der Waals surface area (Å²) in [5.41, 5.74) is 1.67. The summed E-state index contributed by atoms with van der Waals surface area (Å²) in [5, 5.41) is 4.11. The van der Waals surface area contributed by atoms with E-state index in [1.807, 2.05) is 11.6 Å². The largest absolute Gasteiger partial charge is 0.298 e. The molecule has 0 N–H and O–H groups in total. The summed E-state index contributed by atoms with van der Waals surface area (Å²) in [6, 6.07) is 0. The van der Waals surface area contributed by atoms with Gasteiger partial charge in [0.1, 0.15) is 0 Å². The van der Waals surface area contributed by atoms with Gasteiger partial charge in [0.15, 0.2) is 6.29 Å². The van der Waals surface area contributed by atoms with Crippen molar-refractivity contribution in [2.45, 2.75) is 33.2 Å². The first-order chi connectivity index (χ1) is 5.79. The van der Waals surface area contributed by atoms with E-state index in [-0.39, 0.29) is 0 Å². The number of rotatable bonds is 4. The fourth-order valence-corrected chi connectivity index (χ4v) is 1.11. The lowest BCUT2D eigenvalue weighted by Gasteiger charge is -2.01. The topological polar surface area (TPSA) is 34.9 Å². The number of aryl methyl sites for hydroxylation is 1. The molecule has 0 aliphatic heterocycles. The molecule has 1 aromatic rings. The van der Waals surface area contributed by atoms with Gasteiger partial charge in [-0.05, 0) is 13.3 Å². The van der Waals surface area contributed by atoms with Gasteiger partial charge in [-0.3, -0.25) is 9.48 Å². The summed E-state index contributed by atoms with van der Waals surface area (Å²) in [5.74, 6) is 0. The Morgan fingerprint density at radius 1 is 1.67 bits per heavy atom. The van der Waals surface area contributed by atoms with Crippen LogP contribution >= 0.6 is 0 Å². The van der Waals surface area contributed by atoms with Gasteiger partial charge in [0, 0.05) is 12.2 Å². The summed E-state index contributed by atoms with van der Waals surface area (Å²) in [6.07, 6.45) is 4.74. The first-order valence-electron chi connectivity index (χ1n) is 4.27. The molecular formula is C9H14N2O. The van der Waals surface area contributed by atoms with Crippen molar-refractivity contribution in [3.8, 4) is 0 Å². The average molecular weight is 166 g/mol. The van der Waals surface area contributed by atoms with Crippen LogP contribution in [0.3, 0.4) is 0 Å². The molecule has 0 bridgehead atoms. The molecule has 3 nitrogen and oxygen atoms in total. The van der Waals surface area contributed by atoms with Gasteiger partial charge in [0.2, 0.25) is 0 Å². The Kier molecular flexibility index (Phi) is 3.02. The molecule has 0 aliphatic rings. The number of aldehydes is 1. The van der Waals surface area contributed by atoms with E-state index in [0.29, 0.717) is 5.56 Å². The highest BCUT2D eigenvalue weighted by Crippen LogP contribution is 2.05. The van der Waals surface area contributed by atoms with E-state index in [0.717, 1.165) is 31.4 Å². The minimum Gasteiger partial charge on any atom is -0.298 e. The summed E-state index contributed by atoms with van der Waals surface area (Å²) in [6.45, 7) is 4.97. The quantitative estimate of drug-likeness (QED) is 0.639. The van der Waals surface area contributed by atoms with Crippen molar-refractivity contribution in [1.82, 2.24) is 9.78 Å². The molecule has 0 aliphatic carbocycles. The van der Waals surface area contributed by atoms with Crippen LogP contribution in [0, 0.1) is 6.92 Å². The van der Waals surface area contributed by atoms with Gasteiger partial charge in [-0.15, -0.1) is 0 Å². The zero-order valence-corrected chi connectivity index (χ0v) is 7.58. The molecule has 1 aromatic heterocycles. The number of nitrogens with zero attached hydrogens (tertiary/aromatic N) is 2. The molecule has 3 heteroatoms. The van der Waals surface area contributed by atoms with Crippen molar-refractivity contribution >= 4 is 6.29 Å². The molecule has 12 heavy (non-hydrogen) atoms. The average Bonchev–Trinajstić information content (AvgIpc) is 2.43. The fraction of sp³-hybridized carbons (Fsp3) is 0.556. The molecular weight excluding hydrogens is 152 g/mol. The summed E-state index contributed by atoms with van der Waals surface area (Å²) in [7, 11) is 0. The second kappa shape index (κ2) is 4.04. The highest BCUT2D eigenvalue weighted by atomic mass is 16.1. The zero-order chi connectivity index (χ0) is 8.97. The van der Waals surface area contributed by atoms with Crippen LogP contribution in [0.15, 0.2) is 6.20 Å². The molecule has 0 atom stereocenters. The lowest BCUT2D eigenvalue weighted by atomic mass is 10.3. The standard InChI is InChI=1S/C9H14N2O/c1-3-4-5-11-8(2)9(7-12)6-10-11/h6-7H,3-5H2,1-2H3. The normalized spacial score (nSPS) is 10.2. The molecule has 0 amide bonds. The fourth-order valence-electron chi connectivity index (χ4n) is 1.11. The third-order valence-electron chi connectivity index (χ3n) is 1.99. The Hall–Kier alpha value is -1.12. The molecule has 0 saturated heterocycles. The number of aromatic nitrogens is 2. The first kappa shape index (κ1) is 8.97. The minimum atomic E-state index is 0.700. The van der Waals surface area contributed by atoms with Gasteiger partial charge >= 0.3 is 0 Å². The van der Waals surface area contributed by atoms with E-state index >= 15 is 0 Å². The van der Waals surface area contributed by atoms with Crippen LogP contribution in [0.4, 0.5) is 0 Å². The van der Waals surface area contributed by atoms with Crippen molar-refractivity contribution in [2.75, 3.05) is 0 Å². The van der Waals surface area contributed by atoms with Crippen LogP contribution in [-0.4, -0.2) is 16.1 Å². The monoisotopic (exact) mass is 166 g/mol. The van der Waals surface area contributed by atoms with Crippen LogP contribution in [-0.2, 0) is 6.54 Å². The molecule has 1 heterocycles. The van der Waals surface area contributed by atoms with E-state index < -0.39 is 0 Å². The molecule has 66 valence electrons. The predicted octanol–water partition coefficient (Wildman–Crippen LogP) is 1.80. The van der Waals surface area contributed by atoms with E-state index in [1.165, 1.54) is 0 Å². The van der Waals surface area contributed by atoms with E-state index in [1.54, 1.807) is 6.20 Å². The van der Waals surface area contributed by atoms with E-state index in [2.05, 4.69) is 12.0 Å². The van der Waals surface area contributed by atoms with Gasteiger partial charge in [-0.2, -0.15) is 5.10 Å². The third-order valence-corrected chi connectivity index (χ3v) is 1.99. The summed E-state index contributed by atoms with van der Waals surface area (Å²) < 4.78 is 1.88. The van der Waals surface area contributed by atoms with Crippen molar-refractivity contribution in [3.63, 3.8) is 0 Å². The lowest BCUT2D eigenvalue weighted by molar-refractivity contribution is 0.112. The number of hydrogen-bond donors (Lipinski definition) is 0. The molecule has 0 aromatic carbocycles. The number of hydrogen-bond acceptors (Lipinski definition) is 2. The second-order valence-corrected chi connectivity index (χ2v) is 2.88. The Balaban J connectivity index is 2.72. The summed E-state index contributed by atoms with van der Waals surface area (Å²) in [4.78, 5) is 10.5. The van der Waals surface area contributed by atoms with Gasteiger partial charge in [0.05, 0.1) is 11.8 Å². The van der Waals surface area contributed by atoms with Crippen LogP contribution in [0.25, 0.3) is 0 Å². The Morgan fingerprint density at radius 3 is 2.92 bits per heavy atom. The van der Waals surface area contributed by atoms with Crippen LogP contribution in [0.1, 0.15) is 35.8 Å². The highest BCUT2D eigenvalue weighted by molar-refractivity contribution is 5.75. The Labute approximate surface area is 72.4 Å². The summed E-state index contributed by atoms with van der Waals surface area (Å²) >= 11 is 0. The molecule has 0 saturated carbocycles. The van der Waals surface area contributed by atoms with Gasteiger partial charge < -0.3 is 0 Å². The Bertz CT molecular complexity index is 265. The van der Waals surface area contributed by atoms with E-state index in [9.17, 15) is 4.79 Å². The molecule has 0 unspecified atom stereocenters. The maximum Gasteiger partial charge on any atom is 0.153 e. The smallest absolute Gasteiger partial charge is 0.153 e. The van der Waals surface area contributed by atoms with Crippen molar-refractivity contribution in [3.05, 3.63) is 17.5 Å². The van der Waals surface area contributed by atoms with Crippen LogP contribution < -0.4 is 0 Å². The van der Waals surface area contributed by atoms with Crippen LogP contribution in [0.2, 0.25) is 0 Å². The Morgan fingerprint density at radius 2 is 2.42 bits per heavy atom. The number of carbonyl (C=O) groups is 1. The first-order valence-corrected chi connectivity index (χ1v) is 4.27. The van der Waals surface area contributed by atoms with Crippen molar-refractivity contribution in [1.29, 1.82) is 0 Å². The third kappa shape index (κ3) is 1.72. The second-order valence-electron chi connectivity index (χ2n) is 2.88. The lowest BCUT2D eigenvalue weighted by Crippen LogP contribution is -2.02. The molecule has 1 rings (SSSR count). The zero-order valence-electron chi connectivity index (χ0n) is 7.58. The van der Waals surface area contributed by atoms with Crippen molar-refractivity contribution < 1.29 is 4.79 Å². The molecule has 0 fully saturated rings. The van der Waals surface area contributed by atoms with E-state index in [4.69, 9.17) is 0 Å². The van der Waals surface area contributed by atoms with Gasteiger partial charge in [-0.25, -0.2) is 0 Å². The maximum atomic E-state index is 10.5. The predicted molar refractivity (Wildman–Crippen MR) is 47.3 cm³/mol. The maximum absolute atomic E-state index is 10.5. The number of unbranched alkanes of at least 4 members (excludes halogenated alkanes) is 1. The van der Waals surface area contributed by atoms with Gasteiger partial charge in [0.25, 0.3) is 0 Å². The van der Waals surface area contributed by atoms with Gasteiger partial charge in [-0.1, -0.05) is 13.3 Å². The number of carbonyl (C=O) groups excluding carboxylic acids is 1. The highest BCUT2D eigenvalue weighted by Gasteiger charge is 2.03. The SMILES string of the molecule is CCCCn1ncc(C=O)c1C. The van der Waals surface area contributed by atoms with Crippen molar-refractivity contribution in [2.24, 2.45) is 0 Å². The molecule has 0 radical (unpaired) electrons.